The molecule has 0 radical (unpaired) electrons. The number of carbonyl (C=O) groups is 4. The van der Waals surface area contributed by atoms with Crippen molar-refractivity contribution in [3.63, 3.8) is 0 Å². The van der Waals surface area contributed by atoms with Gasteiger partial charge in [0.05, 0.1) is 11.9 Å². The highest BCUT2D eigenvalue weighted by Crippen LogP contribution is 2.48. The number of alkyl halides is 3. The monoisotopic (exact) mass is 778 g/mol. The van der Waals surface area contributed by atoms with Crippen LogP contribution in [0.3, 0.4) is 0 Å². The van der Waals surface area contributed by atoms with Crippen molar-refractivity contribution in [3.05, 3.63) is 108 Å². The number of halogens is 4. The Morgan fingerprint density at radius 1 is 0.891 bits per heavy atom. The van der Waals surface area contributed by atoms with Crippen LogP contribution in [0.15, 0.2) is 91.5 Å². The van der Waals surface area contributed by atoms with Crippen molar-refractivity contribution >= 4 is 58.6 Å². The second kappa shape index (κ2) is 16.1. The predicted molar refractivity (Wildman–Crippen MR) is 191 cm³/mol. The first kappa shape index (κ1) is 38.0. The maximum atomic E-state index is 12.9. The van der Waals surface area contributed by atoms with Crippen molar-refractivity contribution in [2.24, 2.45) is 0 Å². The molecule has 16 nitrogen and oxygen atoms in total. The van der Waals surface area contributed by atoms with Crippen molar-refractivity contribution in [3.8, 4) is 11.7 Å². The summed E-state index contributed by atoms with van der Waals surface area (Å²) in [5.41, 5.74) is 1.70. The number of carboxylic acids is 1. The zero-order valence-corrected chi connectivity index (χ0v) is 29.1. The lowest BCUT2D eigenvalue weighted by atomic mass is 10.1. The largest absolute Gasteiger partial charge is 0.480 e. The maximum absolute atomic E-state index is 12.9. The van der Waals surface area contributed by atoms with Crippen LogP contribution < -0.4 is 31.3 Å². The molecule has 0 aliphatic heterocycles. The standard InChI is InChI=1S/C35H30ClF3N10O6/c36-22-5-3-21(4-6-22)34(13-14-34)48-32-45-31(46-33(47-32)55-18-35(37,38)39)43-24-7-1-20(2-8-24)27(50)44-26(30(53)54)17-41-28(51)29(52)42-23-9-11-25(12-10-23)49-16-15-40-19-49/h1-12,15-16,19,26H,13-14,17-18H2,(H,41,51)(H,42,52)(H,44,50)(H,53,54)(H2,43,45,46,47,48)/t26-/m0/s1. The molecule has 55 heavy (non-hydrogen) atoms. The number of nitrogens with one attached hydrogen (secondary N) is 5. The molecule has 2 heterocycles. The van der Waals surface area contributed by atoms with E-state index in [-0.39, 0.29) is 17.5 Å². The molecule has 1 aliphatic carbocycles. The molecule has 1 atom stereocenters. The molecule has 1 saturated carbocycles. The van der Waals surface area contributed by atoms with Gasteiger partial charge >= 0.3 is 30.0 Å². The lowest BCUT2D eigenvalue weighted by molar-refractivity contribution is -0.154. The normalized spacial score (nSPS) is 13.5. The van der Waals surface area contributed by atoms with Gasteiger partial charge in [-0.15, -0.1) is 0 Å². The predicted octanol–water partition coefficient (Wildman–Crippen LogP) is 4.43. The lowest BCUT2D eigenvalue weighted by Crippen LogP contribution is -2.50. The van der Waals surface area contributed by atoms with Crippen LogP contribution >= 0.6 is 11.6 Å². The molecular formula is C35H30ClF3N10O6. The van der Waals surface area contributed by atoms with E-state index in [1.807, 2.05) is 12.1 Å². The van der Waals surface area contributed by atoms with E-state index in [0.717, 1.165) is 11.3 Å². The molecule has 0 bridgehead atoms. The summed E-state index contributed by atoms with van der Waals surface area (Å²) in [7, 11) is 0. The summed E-state index contributed by atoms with van der Waals surface area (Å²) in [6.07, 6.45) is 1.66. The topological polar surface area (TPSA) is 214 Å². The van der Waals surface area contributed by atoms with Crippen LogP contribution in [0.2, 0.25) is 5.02 Å². The Hall–Kier alpha value is -6.76. The van der Waals surface area contributed by atoms with Gasteiger partial charge in [-0.3, -0.25) is 14.4 Å². The number of amides is 3. The lowest BCUT2D eigenvalue weighted by Gasteiger charge is -2.19. The number of carboxylic acid groups (broad SMARTS) is 1. The number of aliphatic carboxylic acids is 1. The Morgan fingerprint density at radius 3 is 2.18 bits per heavy atom. The van der Waals surface area contributed by atoms with Crippen molar-refractivity contribution in [1.82, 2.24) is 35.1 Å². The van der Waals surface area contributed by atoms with E-state index in [1.165, 1.54) is 24.3 Å². The van der Waals surface area contributed by atoms with Gasteiger partial charge in [0.15, 0.2) is 6.61 Å². The molecule has 0 unspecified atom stereocenters. The van der Waals surface area contributed by atoms with Crippen LogP contribution in [0.1, 0.15) is 28.8 Å². The minimum Gasteiger partial charge on any atom is -0.480 e. The fraction of sp³-hybridized carbons (Fsp3) is 0.200. The molecule has 6 rings (SSSR count). The number of ether oxygens (including phenoxy) is 1. The van der Waals surface area contributed by atoms with Gasteiger partial charge in [0.2, 0.25) is 11.9 Å². The molecule has 1 fully saturated rings. The molecule has 6 N–H and O–H groups in total. The van der Waals surface area contributed by atoms with Crippen LogP contribution in [-0.2, 0) is 19.9 Å². The highest BCUT2D eigenvalue weighted by atomic mass is 35.5. The van der Waals surface area contributed by atoms with Crippen LogP contribution in [0.5, 0.6) is 6.01 Å². The molecule has 0 saturated heterocycles. The van der Waals surface area contributed by atoms with Crippen LogP contribution in [0, 0.1) is 0 Å². The first-order chi connectivity index (χ1) is 26.2. The van der Waals surface area contributed by atoms with Gasteiger partial charge in [-0.2, -0.15) is 28.1 Å². The molecule has 5 aromatic rings. The van der Waals surface area contributed by atoms with Crippen molar-refractivity contribution in [2.75, 3.05) is 29.1 Å². The van der Waals surface area contributed by atoms with E-state index in [4.69, 9.17) is 16.3 Å². The Balaban J connectivity index is 1.06. The Bertz CT molecular complexity index is 2170. The van der Waals surface area contributed by atoms with Crippen LogP contribution in [-0.4, -0.2) is 78.7 Å². The summed E-state index contributed by atoms with van der Waals surface area (Å²) in [6.45, 7) is -2.25. The Morgan fingerprint density at radius 2 is 1.56 bits per heavy atom. The maximum Gasteiger partial charge on any atom is 0.422 e. The number of hydrogen-bond acceptors (Lipinski definition) is 11. The quantitative estimate of drug-likeness (QED) is 0.0864. The molecular weight excluding hydrogens is 749 g/mol. The molecule has 1 aliphatic rings. The zero-order chi connectivity index (χ0) is 39.2. The molecule has 284 valence electrons. The van der Waals surface area contributed by atoms with Gasteiger partial charge in [0, 0.05) is 46.6 Å². The first-order valence-corrected chi connectivity index (χ1v) is 16.7. The van der Waals surface area contributed by atoms with Crippen LogP contribution in [0.4, 0.5) is 36.4 Å². The summed E-state index contributed by atoms with van der Waals surface area (Å²) in [5, 5.41) is 23.1. The van der Waals surface area contributed by atoms with Crippen LogP contribution in [0.25, 0.3) is 5.69 Å². The number of anilines is 4. The minimum atomic E-state index is -4.65. The van der Waals surface area contributed by atoms with Gasteiger partial charge in [-0.1, -0.05) is 23.7 Å². The number of rotatable bonds is 14. The molecule has 3 amide bonds. The summed E-state index contributed by atoms with van der Waals surface area (Å²) >= 11 is 6.02. The third kappa shape index (κ3) is 10.2. The fourth-order valence-electron chi connectivity index (χ4n) is 5.14. The number of carbonyl (C=O) groups excluding carboxylic acids is 3. The van der Waals surface area contributed by atoms with E-state index in [1.54, 1.807) is 59.7 Å². The van der Waals surface area contributed by atoms with Gasteiger partial charge in [0.1, 0.15) is 6.04 Å². The Kier molecular flexibility index (Phi) is 11.1. The average molecular weight is 779 g/mol. The number of hydrogen-bond donors (Lipinski definition) is 6. The van der Waals surface area contributed by atoms with Gasteiger partial charge < -0.3 is 41.0 Å². The van der Waals surface area contributed by atoms with Gasteiger partial charge in [-0.05, 0) is 79.1 Å². The average Bonchev–Trinajstić information content (AvgIpc) is 3.71. The van der Waals surface area contributed by atoms with E-state index in [9.17, 15) is 37.5 Å². The molecule has 2 aromatic heterocycles. The second-order valence-corrected chi connectivity index (χ2v) is 12.6. The van der Waals surface area contributed by atoms with E-state index in [2.05, 4.69) is 46.5 Å². The fourth-order valence-corrected chi connectivity index (χ4v) is 5.27. The summed E-state index contributed by atoms with van der Waals surface area (Å²) in [5.74, 6) is -4.70. The van der Waals surface area contributed by atoms with Crippen molar-refractivity contribution in [2.45, 2.75) is 30.6 Å². The van der Waals surface area contributed by atoms with Gasteiger partial charge in [0.25, 0.3) is 5.91 Å². The van der Waals surface area contributed by atoms with Crippen molar-refractivity contribution in [1.29, 1.82) is 0 Å². The van der Waals surface area contributed by atoms with Gasteiger partial charge in [-0.25, -0.2) is 9.78 Å². The summed E-state index contributed by atoms with van der Waals surface area (Å²) in [4.78, 5) is 65.8. The summed E-state index contributed by atoms with van der Waals surface area (Å²) < 4.78 is 45.4. The zero-order valence-electron chi connectivity index (χ0n) is 28.3. The SMILES string of the molecule is O=C(NC[C@H](NC(=O)c1ccc(Nc2nc(NC3(c4ccc(Cl)cc4)CC3)nc(OCC(F)(F)F)n2)cc1)C(=O)O)C(=O)Nc1ccc(-n2ccnc2)cc1. The molecule has 0 spiro atoms. The number of imidazole rings is 1. The highest BCUT2D eigenvalue weighted by molar-refractivity contribution is 6.39. The number of nitrogens with zero attached hydrogens (tertiary/aromatic N) is 5. The number of aromatic nitrogens is 5. The Labute approximate surface area is 314 Å². The molecule has 3 aromatic carbocycles. The third-order valence-electron chi connectivity index (χ3n) is 8.09. The molecule has 20 heteroatoms. The van der Waals surface area contributed by atoms with E-state index >= 15 is 0 Å². The highest BCUT2D eigenvalue weighted by Gasteiger charge is 2.45. The number of benzene rings is 3. The minimum absolute atomic E-state index is 0.0193. The van der Waals surface area contributed by atoms with E-state index < -0.39 is 60.6 Å². The summed E-state index contributed by atoms with van der Waals surface area (Å²) in [6, 6.07) is 16.9. The smallest absolute Gasteiger partial charge is 0.422 e. The van der Waals surface area contributed by atoms with Crippen molar-refractivity contribution < 1.29 is 42.2 Å². The third-order valence-corrected chi connectivity index (χ3v) is 8.34. The second-order valence-electron chi connectivity index (χ2n) is 12.1. The van der Waals surface area contributed by atoms with E-state index in [0.29, 0.717) is 29.2 Å². The first-order valence-electron chi connectivity index (χ1n) is 16.3.